The van der Waals surface area contributed by atoms with E-state index in [4.69, 9.17) is 4.74 Å². The number of carbonyl (C=O) groups excluding carboxylic acids is 1. The summed E-state index contributed by atoms with van der Waals surface area (Å²) in [5.74, 6) is 0.497. The molecule has 29 heavy (non-hydrogen) atoms. The van der Waals surface area contributed by atoms with Gasteiger partial charge in [0, 0.05) is 18.7 Å². The number of likely N-dealkylation sites (tertiary alicyclic amines) is 1. The van der Waals surface area contributed by atoms with Gasteiger partial charge in [0.25, 0.3) is 5.91 Å². The molecular weight excluding hydrogens is 386 g/mol. The Morgan fingerprint density at radius 3 is 2.38 bits per heavy atom. The van der Waals surface area contributed by atoms with E-state index in [0.29, 0.717) is 31.0 Å². The normalized spacial score (nSPS) is 18.3. The number of hydrogen-bond acceptors (Lipinski definition) is 4. The molecule has 0 atom stereocenters. The molecule has 4 rings (SSSR count). The second-order valence-corrected chi connectivity index (χ2v) is 10.5. The first-order valence-corrected chi connectivity index (χ1v) is 11.9. The summed E-state index contributed by atoms with van der Waals surface area (Å²) in [6.07, 6.45) is 4.66. The highest BCUT2D eigenvalue weighted by Gasteiger charge is 2.43. The molecule has 1 aliphatic carbocycles. The summed E-state index contributed by atoms with van der Waals surface area (Å²) in [6, 6.07) is 17.0. The van der Waals surface area contributed by atoms with Crippen LogP contribution in [0.15, 0.2) is 54.6 Å². The molecule has 0 aromatic heterocycles. The Bertz CT molecular complexity index is 946. The number of ether oxygens (including phenoxy) is 1. The van der Waals surface area contributed by atoms with Crippen molar-refractivity contribution in [2.45, 2.75) is 49.2 Å². The number of rotatable bonds is 6. The minimum Gasteiger partial charge on any atom is -0.489 e. The Hall–Kier alpha value is -2.34. The van der Waals surface area contributed by atoms with Crippen LogP contribution in [0.5, 0.6) is 5.75 Å². The van der Waals surface area contributed by atoms with Crippen LogP contribution in [-0.2, 0) is 16.4 Å². The van der Waals surface area contributed by atoms with Crippen LogP contribution < -0.4 is 4.74 Å². The van der Waals surface area contributed by atoms with Gasteiger partial charge in [-0.05, 0) is 36.6 Å². The molecule has 1 saturated heterocycles. The average Bonchev–Trinajstić information content (AvgIpc) is 2.72. The third-order valence-corrected chi connectivity index (χ3v) is 8.57. The fourth-order valence-corrected chi connectivity index (χ4v) is 6.43. The monoisotopic (exact) mass is 413 g/mol. The van der Waals surface area contributed by atoms with Crippen molar-refractivity contribution < 1.29 is 17.9 Å². The molecule has 1 aliphatic heterocycles. The maximum atomic E-state index is 12.8. The summed E-state index contributed by atoms with van der Waals surface area (Å²) in [5, 5.41) is -0.625. The van der Waals surface area contributed by atoms with Crippen LogP contribution in [0.4, 0.5) is 0 Å². The third-order valence-electron chi connectivity index (χ3n) is 5.95. The van der Waals surface area contributed by atoms with Crippen molar-refractivity contribution in [1.82, 2.24) is 4.90 Å². The van der Waals surface area contributed by atoms with Gasteiger partial charge in [0.2, 0.25) is 0 Å². The standard InChI is InChI=1S/C23H27NO4S/c25-23(24-15-22(16-24)29(26,27)21-12-5-2-6-13-21)19-10-7-11-20(14-19)28-17-18-8-3-1-4-9-18/h1,3-4,7-11,14,21-22H,2,5-6,12-13,15-17H2. The smallest absolute Gasteiger partial charge is 0.254 e. The molecule has 2 fully saturated rings. The van der Waals surface area contributed by atoms with Gasteiger partial charge >= 0.3 is 0 Å². The Labute approximate surface area is 172 Å². The first kappa shape index (κ1) is 20.0. The van der Waals surface area contributed by atoms with Gasteiger partial charge in [0.1, 0.15) is 12.4 Å². The van der Waals surface area contributed by atoms with Gasteiger partial charge in [-0.3, -0.25) is 4.79 Å². The lowest BCUT2D eigenvalue weighted by molar-refractivity contribution is 0.0657. The van der Waals surface area contributed by atoms with Crippen LogP contribution in [0, 0.1) is 0 Å². The molecule has 0 radical (unpaired) electrons. The van der Waals surface area contributed by atoms with Gasteiger partial charge in [-0.2, -0.15) is 0 Å². The fourth-order valence-electron chi connectivity index (χ4n) is 4.12. The van der Waals surface area contributed by atoms with Crippen LogP contribution in [0.25, 0.3) is 0 Å². The molecule has 2 aromatic carbocycles. The maximum Gasteiger partial charge on any atom is 0.254 e. The van der Waals surface area contributed by atoms with E-state index in [0.717, 1.165) is 37.7 Å². The zero-order valence-corrected chi connectivity index (χ0v) is 17.3. The van der Waals surface area contributed by atoms with Gasteiger partial charge in [-0.25, -0.2) is 8.42 Å². The van der Waals surface area contributed by atoms with Gasteiger partial charge < -0.3 is 9.64 Å². The van der Waals surface area contributed by atoms with E-state index in [1.54, 1.807) is 23.1 Å². The zero-order valence-electron chi connectivity index (χ0n) is 16.5. The molecule has 0 bridgehead atoms. The maximum absolute atomic E-state index is 12.8. The minimum absolute atomic E-state index is 0.134. The molecule has 1 saturated carbocycles. The second-order valence-electron chi connectivity index (χ2n) is 7.98. The van der Waals surface area contributed by atoms with E-state index >= 15 is 0 Å². The fraction of sp³-hybridized carbons (Fsp3) is 0.435. The van der Waals surface area contributed by atoms with E-state index in [1.165, 1.54) is 0 Å². The lowest BCUT2D eigenvalue weighted by Crippen LogP contribution is -2.58. The van der Waals surface area contributed by atoms with Crippen molar-refractivity contribution in [3.63, 3.8) is 0 Å². The van der Waals surface area contributed by atoms with Crippen molar-refractivity contribution in [2.75, 3.05) is 13.1 Å². The number of carbonyl (C=O) groups is 1. The molecule has 0 N–H and O–H groups in total. The summed E-state index contributed by atoms with van der Waals surface area (Å²) in [7, 11) is -3.14. The first-order valence-electron chi connectivity index (χ1n) is 10.3. The lowest BCUT2D eigenvalue weighted by Gasteiger charge is -2.40. The molecule has 2 aromatic rings. The Kier molecular flexibility index (Phi) is 5.90. The molecule has 2 aliphatic rings. The van der Waals surface area contributed by atoms with Gasteiger partial charge in [-0.1, -0.05) is 55.7 Å². The summed E-state index contributed by atoms with van der Waals surface area (Å²) in [4.78, 5) is 14.4. The van der Waals surface area contributed by atoms with Crippen molar-refractivity contribution in [2.24, 2.45) is 0 Å². The van der Waals surface area contributed by atoms with E-state index in [9.17, 15) is 13.2 Å². The van der Waals surface area contributed by atoms with Crippen LogP contribution in [0.1, 0.15) is 48.0 Å². The van der Waals surface area contributed by atoms with E-state index in [-0.39, 0.29) is 11.2 Å². The predicted molar refractivity (Wildman–Crippen MR) is 113 cm³/mol. The van der Waals surface area contributed by atoms with Crippen LogP contribution in [0.2, 0.25) is 0 Å². The van der Waals surface area contributed by atoms with E-state index in [1.807, 2.05) is 36.4 Å². The number of amides is 1. The Balaban J connectivity index is 1.34. The number of benzene rings is 2. The molecule has 1 heterocycles. The third kappa shape index (κ3) is 4.47. The lowest BCUT2D eigenvalue weighted by atomic mass is 10.0. The number of nitrogens with zero attached hydrogens (tertiary/aromatic N) is 1. The van der Waals surface area contributed by atoms with Gasteiger partial charge in [0.15, 0.2) is 9.84 Å². The van der Waals surface area contributed by atoms with Crippen molar-refractivity contribution >= 4 is 15.7 Å². The SMILES string of the molecule is O=C(c1cccc(OCc2ccccc2)c1)N1CC(S(=O)(=O)C2CCCCC2)C1. The summed E-state index contributed by atoms with van der Waals surface area (Å²) in [6.45, 7) is 1.03. The molecule has 1 amide bonds. The highest BCUT2D eigenvalue weighted by molar-refractivity contribution is 7.92. The molecule has 6 heteroatoms. The van der Waals surface area contributed by atoms with E-state index in [2.05, 4.69) is 0 Å². The highest BCUT2D eigenvalue weighted by atomic mass is 32.2. The quantitative estimate of drug-likeness (QED) is 0.722. The first-order chi connectivity index (χ1) is 14.0. The van der Waals surface area contributed by atoms with Crippen LogP contribution >= 0.6 is 0 Å². The summed E-state index contributed by atoms with van der Waals surface area (Å²) in [5.41, 5.74) is 1.59. The zero-order chi connectivity index (χ0) is 20.3. The predicted octanol–water partition coefficient (Wildman–Crippen LogP) is 3.84. The van der Waals surface area contributed by atoms with Gasteiger partial charge in [-0.15, -0.1) is 0 Å². The molecule has 154 valence electrons. The summed E-state index contributed by atoms with van der Waals surface area (Å²) < 4.78 is 31.4. The highest BCUT2D eigenvalue weighted by Crippen LogP contribution is 2.30. The molecular formula is C23H27NO4S. The van der Waals surface area contributed by atoms with Crippen molar-refractivity contribution in [1.29, 1.82) is 0 Å². The largest absolute Gasteiger partial charge is 0.489 e. The Morgan fingerprint density at radius 2 is 1.66 bits per heavy atom. The summed E-state index contributed by atoms with van der Waals surface area (Å²) >= 11 is 0. The topological polar surface area (TPSA) is 63.7 Å². The second kappa shape index (κ2) is 8.57. The number of sulfone groups is 1. The van der Waals surface area contributed by atoms with Crippen molar-refractivity contribution in [3.8, 4) is 5.75 Å². The minimum atomic E-state index is -3.14. The van der Waals surface area contributed by atoms with Gasteiger partial charge in [0.05, 0.1) is 10.5 Å². The van der Waals surface area contributed by atoms with Crippen LogP contribution in [-0.4, -0.2) is 42.8 Å². The average molecular weight is 414 g/mol. The molecule has 0 spiro atoms. The Morgan fingerprint density at radius 1 is 0.931 bits per heavy atom. The van der Waals surface area contributed by atoms with E-state index < -0.39 is 15.1 Å². The van der Waals surface area contributed by atoms with Crippen LogP contribution in [0.3, 0.4) is 0 Å². The van der Waals surface area contributed by atoms with Crippen molar-refractivity contribution in [3.05, 3.63) is 65.7 Å². The molecule has 0 unspecified atom stereocenters. The number of hydrogen-bond donors (Lipinski definition) is 0. The molecule has 5 nitrogen and oxygen atoms in total.